The zero-order valence-corrected chi connectivity index (χ0v) is 19.2. The molecule has 0 saturated carbocycles. The zero-order chi connectivity index (χ0) is 22.3. The fourth-order valence-electron chi connectivity index (χ4n) is 2.31. The number of benzene rings is 1. The molecule has 1 unspecified atom stereocenters. The van der Waals surface area contributed by atoms with E-state index in [1.54, 1.807) is 65.0 Å². The first-order valence-electron chi connectivity index (χ1n) is 9.11. The van der Waals surface area contributed by atoms with Crippen LogP contribution in [0, 0.1) is 5.92 Å². The number of nitrogens with one attached hydrogen (secondary N) is 1. The van der Waals surface area contributed by atoms with Crippen LogP contribution in [0.2, 0.25) is 0 Å². The Labute approximate surface area is 174 Å². The van der Waals surface area contributed by atoms with Gasteiger partial charge < -0.3 is 4.74 Å². The van der Waals surface area contributed by atoms with Crippen molar-refractivity contribution < 1.29 is 26.3 Å². The number of rotatable bonds is 9. The van der Waals surface area contributed by atoms with E-state index in [1.165, 1.54) is 18.5 Å². The number of hydrogen-bond donors (Lipinski definition) is 1. The zero-order valence-electron chi connectivity index (χ0n) is 17.6. The highest BCUT2D eigenvalue weighted by molar-refractivity contribution is 7.96. The number of hydrogen-bond acceptors (Lipinski definition) is 7. The molecule has 8 nitrogen and oxygen atoms in total. The van der Waals surface area contributed by atoms with Crippen molar-refractivity contribution in [3.05, 3.63) is 41.8 Å². The minimum Gasteiger partial charge on any atom is -0.465 e. The van der Waals surface area contributed by atoms with E-state index in [4.69, 9.17) is 8.92 Å². The van der Waals surface area contributed by atoms with Gasteiger partial charge in [-0.05, 0) is 39.8 Å². The Kier molecular flexibility index (Phi) is 9.01. The maximum atomic E-state index is 13.1. The molecule has 0 aliphatic carbocycles. The molecule has 10 heteroatoms. The number of carbonyl (C=O) groups excluding carboxylic acids is 1. The molecule has 0 spiro atoms. The fraction of sp³-hybridized carbons (Fsp3) is 0.526. The summed E-state index contributed by atoms with van der Waals surface area (Å²) in [6.07, 6.45) is 1.49. The molecule has 0 aromatic heterocycles. The Bertz CT molecular complexity index is 927. The van der Waals surface area contributed by atoms with Crippen LogP contribution in [-0.4, -0.2) is 43.9 Å². The standard InChI is InChI=1S/C19H30N2O6S2/c1-7-26-18(22)17(21-29(24,25)27-19(3,4)5)15(2)13-14-28(23,20-6)16-11-9-8-10-12-16/h8-15,17,21H,7H2,1-6H3/b14-13+/t15-,17+,28?/m1/s1. The first-order valence-corrected chi connectivity index (χ1v) is 12.1. The van der Waals surface area contributed by atoms with Gasteiger partial charge in [0.1, 0.15) is 6.04 Å². The van der Waals surface area contributed by atoms with E-state index in [0.717, 1.165) is 0 Å². The van der Waals surface area contributed by atoms with Crippen LogP contribution in [0.1, 0.15) is 34.6 Å². The third-order valence-corrected chi connectivity index (χ3v) is 6.89. The lowest BCUT2D eigenvalue weighted by atomic mass is 10.0. The molecule has 0 saturated heterocycles. The molecule has 0 fully saturated rings. The highest BCUT2D eigenvalue weighted by Gasteiger charge is 2.32. The van der Waals surface area contributed by atoms with Gasteiger partial charge in [-0.15, -0.1) is 0 Å². The molecular formula is C19H30N2O6S2. The molecule has 1 aromatic carbocycles. The maximum absolute atomic E-state index is 13.1. The summed E-state index contributed by atoms with van der Waals surface area (Å²) in [5, 5.41) is 1.39. The largest absolute Gasteiger partial charge is 0.465 e. The summed E-state index contributed by atoms with van der Waals surface area (Å²) < 4.78 is 54.0. The first-order chi connectivity index (χ1) is 13.3. The molecule has 0 aliphatic heterocycles. The quantitative estimate of drug-likeness (QED) is 0.584. The van der Waals surface area contributed by atoms with Gasteiger partial charge in [-0.2, -0.15) is 13.1 Å². The van der Waals surface area contributed by atoms with Crippen molar-refractivity contribution in [3.8, 4) is 0 Å². The predicted octanol–water partition coefficient (Wildman–Crippen LogP) is 2.87. The van der Waals surface area contributed by atoms with E-state index < -0.39 is 43.6 Å². The highest BCUT2D eigenvalue weighted by Crippen LogP contribution is 2.18. The summed E-state index contributed by atoms with van der Waals surface area (Å²) in [5.74, 6) is -1.44. The summed E-state index contributed by atoms with van der Waals surface area (Å²) in [7, 11) is -5.66. The minimum absolute atomic E-state index is 0.0820. The van der Waals surface area contributed by atoms with E-state index in [2.05, 4.69) is 9.08 Å². The van der Waals surface area contributed by atoms with Crippen LogP contribution in [0.4, 0.5) is 0 Å². The second-order valence-electron chi connectivity index (χ2n) is 7.25. The van der Waals surface area contributed by atoms with Gasteiger partial charge in [0.2, 0.25) is 0 Å². The van der Waals surface area contributed by atoms with Crippen LogP contribution in [0.3, 0.4) is 0 Å². The predicted molar refractivity (Wildman–Crippen MR) is 113 cm³/mol. The van der Waals surface area contributed by atoms with E-state index in [0.29, 0.717) is 4.90 Å². The van der Waals surface area contributed by atoms with E-state index in [1.807, 2.05) is 0 Å². The SMILES string of the molecule is CCOC(=O)[C@@H](NS(=O)(=O)OC(C)(C)C)[C@H](C)/C=C/S(=O)(=NC)c1ccccc1. The lowest BCUT2D eigenvalue weighted by Crippen LogP contribution is -2.47. The number of carbonyl (C=O) groups is 1. The molecule has 0 heterocycles. The minimum atomic E-state index is -4.24. The van der Waals surface area contributed by atoms with Gasteiger partial charge in [-0.3, -0.25) is 8.98 Å². The molecule has 1 aromatic rings. The molecule has 1 N–H and O–H groups in total. The summed E-state index contributed by atoms with van der Waals surface area (Å²) in [6, 6.07) is 7.41. The van der Waals surface area contributed by atoms with Crippen LogP contribution in [0.25, 0.3) is 0 Å². The Morgan fingerprint density at radius 2 is 1.79 bits per heavy atom. The summed E-state index contributed by atoms with van der Waals surface area (Å²) >= 11 is 0. The van der Waals surface area contributed by atoms with Crippen molar-refractivity contribution in [2.24, 2.45) is 10.3 Å². The molecule has 0 bridgehead atoms. The van der Waals surface area contributed by atoms with Gasteiger partial charge in [-0.1, -0.05) is 31.2 Å². The average Bonchev–Trinajstić information content (AvgIpc) is 2.63. The van der Waals surface area contributed by atoms with Crippen LogP contribution in [0.15, 0.2) is 51.1 Å². The Balaban J connectivity index is 3.18. The van der Waals surface area contributed by atoms with Gasteiger partial charge in [0.25, 0.3) is 0 Å². The van der Waals surface area contributed by atoms with Crippen molar-refractivity contribution in [1.29, 1.82) is 0 Å². The van der Waals surface area contributed by atoms with E-state index >= 15 is 0 Å². The summed E-state index contributed by atoms with van der Waals surface area (Å²) in [5.41, 5.74) is -0.979. The topological polar surface area (TPSA) is 111 Å². The highest BCUT2D eigenvalue weighted by atomic mass is 32.2. The van der Waals surface area contributed by atoms with E-state index in [9.17, 15) is 17.4 Å². The number of ether oxygens (including phenoxy) is 1. The molecule has 1 rings (SSSR count). The molecule has 29 heavy (non-hydrogen) atoms. The van der Waals surface area contributed by atoms with Crippen molar-refractivity contribution in [2.75, 3.05) is 13.7 Å². The van der Waals surface area contributed by atoms with Gasteiger partial charge in [0.05, 0.1) is 26.8 Å². The first kappa shape index (κ1) is 25.3. The van der Waals surface area contributed by atoms with Crippen LogP contribution < -0.4 is 4.72 Å². The van der Waals surface area contributed by atoms with Crippen molar-refractivity contribution >= 4 is 26.0 Å². The Morgan fingerprint density at radius 1 is 1.21 bits per heavy atom. The molecular weight excluding hydrogens is 416 g/mol. The molecule has 3 atom stereocenters. The molecule has 0 amide bonds. The van der Waals surface area contributed by atoms with Crippen LogP contribution >= 0.6 is 0 Å². The average molecular weight is 447 g/mol. The third kappa shape index (κ3) is 8.25. The Morgan fingerprint density at radius 3 is 2.28 bits per heavy atom. The van der Waals surface area contributed by atoms with Crippen molar-refractivity contribution in [1.82, 2.24) is 4.72 Å². The summed E-state index contributed by atoms with van der Waals surface area (Å²) in [6.45, 7) is 8.04. The molecule has 164 valence electrons. The second-order valence-corrected chi connectivity index (χ2v) is 10.8. The lowest BCUT2D eigenvalue weighted by molar-refractivity contribution is -0.146. The summed E-state index contributed by atoms with van der Waals surface area (Å²) in [4.78, 5) is 12.9. The van der Waals surface area contributed by atoms with Gasteiger partial charge in [0, 0.05) is 18.4 Å². The smallest absolute Gasteiger partial charge is 0.337 e. The second kappa shape index (κ2) is 10.3. The maximum Gasteiger partial charge on any atom is 0.337 e. The van der Waals surface area contributed by atoms with Gasteiger partial charge in [0.15, 0.2) is 0 Å². The monoisotopic (exact) mass is 446 g/mol. The fourth-order valence-corrected chi connectivity index (χ4v) is 5.14. The van der Waals surface area contributed by atoms with Crippen LogP contribution in [-0.2, 0) is 33.7 Å². The van der Waals surface area contributed by atoms with Crippen molar-refractivity contribution in [3.63, 3.8) is 0 Å². The number of nitrogens with zero attached hydrogens (tertiary/aromatic N) is 1. The molecule has 0 aliphatic rings. The normalized spacial score (nSPS) is 16.8. The van der Waals surface area contributed by atoms with Gasteiger partial charge >= 0.3 is 16.3 Å². The Hall–Kier alpha value is -1.75. The third-order valence-electron chi connectivity index (χ3n) is 3.62. The van der Waals surface area contributed by atoms with E-state index in [-0.39, 0.29) is 6.61 Å². The lowest BCUT2D eigenvalue weighted by Gasteiger charge is -2.24. The molecule has 0 radical (unpaired) electrons. The van der Waals surface area contributed by atoms with Crippen molar-refractivity contribution in [2.45, 2.75) is 51.2 Å². The van der Waals surface area contributed by atoms with Gasteiger partial charge in [-0.25, -0.2) is 8.57 Å². The number of esters is 1. The van der Waals surface area contributed by atoms with Crippen LogP contribution in [0.5, 0.6) is 0 Å².